The van der Waals surface area contributed by atoms with Crippen molar-refractivity contribution in [3.8, 4) is 5.75 Å². The lowest BCUT2D eigenvalue weighted by atomic mass is 10.2. The molecule has 10 nitrogen and oxygen atoms in total. The zero-order valence-corrected chi connectivity index (χ0v) is 23.5. The Morgan fingerprint density at radius 3 is 2.30 bits per heavy atom. The second-order valence-electron chi connectivity index (χ2n) is 8.60. The molecule has 0 unspecified atom stereocenters. The third-order valence-electron chi connectivity index (χ3n) is 5.76. The number of amides is 2. The van der Waals surface area contributed by atoms with Gasteiger partial charge in [0.2, 0.25) is 0 Å². The molecule has 0 atom stereocenters. The van der Waals surface area contributed by atoms with Crippen molar-refractivity contribution in [1.29, 1.82) is 0 Å². The van der Waals surface area contributed by atoms with E-state index < -0.39 is 22.5 Å². The van der Waals surface area contributed by atoms with Gasteiger partial charge in [-0.05, 0) is 60.2 Å². The Bertz CT molecular complexity index is 1440. The highest BCUT2D eigenvalue weighted by molar-refractivity contribution is 7.92. The van der Waals surface area contributed by atoms with E-state index in [1.807, 2.05) is 0 Å². The fourth-order valence-corrected chi connectivity index (χ4v) is 5.70. The van der Waals surface area contributed by atoms with Crippen LogP contribution < -0.4 is 14.5 Å². The van der Waals surface area contributed by atoms with Crippen molar-refractivity contribution in [2.24, 2.45) is 5.10 Å². The number of ether oxygens (including phenoxy) is 2. The summed E-state index contributed by atoms with van der Waals surface area (Å²) in [5.74, 6) is -0.293. The molecule has 0 aromatic heterocycles. The van der Waals surface area contributed by atoms with Crippen molar-refractivity contribution in [2.75, 3.05) is 43.8 Å². The van der Waals surface area contributed by atoms with E-state index in [4.69, 9.17) is 32.7 Å². The standard InChI is InChI=1S/C27H26Cl2N4O6S/c28-21-14-22(29)16-23(15-21)33(40(36,37)25-4-2-1-3-5-25)18-26(34)31-30-17-20-6-8-24(9-7-20)39-19-27(35)32-10-12-38-13-11-32/h1-9,14-17H,10-13,18-19H2,(H,31,34)/b30-17-. The van der Waals surface area contributed by atoms with Gasteiger partial charge in [-0.25, -0.2) is 13.8 Å². The quantitative estimate of drug-likeness (QED) is 0.279. The van der Waals surface area contributed by atoms with Gasteiger partial charge in [0.05, 0.1) is 30.0 Å². The van der Waals surface area contributed by atoms with E-state index in [0.29, 0.717) is 37.6 Å². The van der Waals surface area contributed by atoms with Gasteiger partial charge in [-0.15, -0.1) is 0 Å². The van der Waals surface area contributed by atoms with Crippen LogP contribution in [0.5, 0.6) is 5.75 Å². The minimum Gasteiger partial charge on any atom is -0.484 e. The van der Waals surface area contributed by atoms with E-state index in [1.165, 1.54) is 36.5 Å². The number of sulfonamides is 1. The van der Waals surface area contributed by atoms with E-state index in [2.05, 4.69) is 10.5 Å². The predicted molar refractivity (Wildman–Crippen MR) is 153 cm³/mol. The van der Waals surface area contributed by atoms with Crippen molar-refractivity contribution < 1.29 is 27.5 Å². The van der Waals surface area contributed by atoms with Crippen molar-refractivity contribution in [1.82, 2.24) is 10.3 Å². The van der Waals surface area contributed by atoms with E-state index in [0.717, 1.165) is 4.31 Å². The van der Waals surface area contributed by atoms with Crippen molar-refractivity contribution >= 4 is 56.9 Å². The van der Waals surface area contributed by atoms with Crippen LogP contribution in [0.25, 0.3) is 0 Å². The first kappa shape index (κ1) is 29.3. The van der Waals surface area contributed by atoms with Gasteiger partial charge >= 0.3 is 0 Å². The molecule has 0 saturated carbocycles. The van der Waals surface area contributed by atoms with Gasteiger partial charge in [0.15, 0.2) is 6.61 Å². The van der Waals surface area contributed by atoms with Gasteiger partial charge in [-0.1, -0.05) is 41.4 Å². The number of benzene rings is 3. The van der Waals surface area contributed by atoms with E-state index in [-0.39, 0.29) is 33.1 Å². The minimum atomic E-state index is -4.13. The maximum absolute atomic E-state index is 13.4. The minimum absolute atomic E-state index is 0.00338. The Balaban J connectivity index is 1.38. The predicted octanol–water partition coefficient (Wildman–Crippen LogP) is 3.58. The lowest BCUT2D eigenvalue weighted by Crippen LogP contribution is -2.42. The first-order valence-electron chi connectivity index (χ1n) is 12.2. The summed E-state index contributed by atoms with van der Waals surface area (Å²) >= 11 is 12.2. The summed E-state index contributed by atoms with van der Waals surface area (Å²) in [5.41, 5.74) is 3.11. The summed E-state index contributed by atoms with van der Waals surface area (Å²) in [4.78, 5) is 26.6. The van der Waals surface area contributed by atoms with E-state index in [9.17, 15) is 18.0 Å². The molecule has 4 rings (SSSR count). The molecule has 0 radical (unpaired) electrons. The first-order valence-corrected chi connectivity index (χ1v) is 14.4. The van der Waals surface area contributed by atoms with Crippen LogP contribution in [0.4, 0.5) is 5.69 Å². The zero-order chi connectivity index (χ0) is 28.5. The molecule has 13 heteroatoms. The second-order valence-corrected chi connectivity index (χ2v) is 11.3. The van der Waals surface area contributed by atoms with Crippen molar-refractivity contribution in [2.45, 2.75) is 4.90 Å². The van der Waals surface area contributed by atoms with Gasteiger partial charge in [-0.3, -0.25) is 13.9 Å². The van der Waals surface area contributed by atoms with Crippen molar-refractivity contribution in [3.63, 3.8) is 0 Å². The molecule has 1 saturated heterocycles. The molecule has 2 amide bonds. The molecule has 1 aliphatic heterocycles. The number of hydrogen-bond donors (Lipinski definition) is 1. The third-order valence-corrected chi connectivity index (χ3v) is 7.99. The van der Waals surface area contributed by atoms with Crippen LogP contribution in [0.15, 0.2) is 82.8 Å². The monoisotopic (exact) mass is 604 g/mol. The normalized spacial score (nSPS) is 13.7. The summed E-state index contributed by atoms with van der Waals surface area (Å²) in [5, 5.41) is 4.36. The SMILES string of the molecule is O=C(CN(c1cc(Cl)cc(Cl)c1)S(=O)(=O)c1ccccc1)N/N=C\c1ccc(OCC(=O)N2CCOCC2)cc1. The van der Waals surface area contributed by atoms with Crippen LogP contribution in [0.3, 0.4) is 0 Å². The van der Waals surface area contributed by atoms with E-state index in [1.54, 1.807) is 47.4 Å². The number of hydrazone groups is 1. The zero-order valence-electron chi connectivity index (χ0n) is 21.2. The number of carbonyl (C=O) groups excluding carboxylic acids is 2. The van der Waals surface area contributed by atoms with Crippen LogP contribution >= 0.6 is 23.2 Å². The van der Waals surface area contributed by atoms with Crippen molar-refractivity contribution in [3.05, 3.63) is 88.4 Å². The smallest absolute Gasteiger partial charge is 0.264 e. The number of nitrogens with one attached hydrogen (secondary N) is 1. The maximum Gasteiger partial charge on any atom is 0.264 e. The third kappa shape index (κ3) is 7.95. The number of nitrogens with zero attached hydrogens (tertiary/aromatic N) is 3. The largest absolute Gasteiger partial charge is 0.484 e. The summed E-state index contributed by atoms with van der Waals surface area (Å²) in [6, 6.07) is 18.7. The molecule has 3 aromatic rings. The van der Waals surface area contributed by atoms with Gasteiger partial charge in [0, 0.05) is 23.1 Å². The first-order chi connectivity index (χ1) is 19.2. The molecule has 1 N–H and O–H groups in total. The number of anilines is 1. The number of carbonyl (C=O) groups is 2. The average Bonchev–Trinajstić information content (AvgIpc) is 2.95. The highest BCUT2D eigenvalue weighted by Crippen LogP contribution is 2.29. The molecular weight excluding hydrogens is 579 g/mol. The number of halogens is 2. The van der Waals surface area contributed by atoms with Crippen LogP contribution in [-0.4, -0.2) is 70.8 Å². The fourth-order valence-electron chi connectivity index (χ4n) is 3.76. The van der Waals surface area contributed by atoms with Crippen LogP contribution in [0.2, 0.25) is 10.0 Å². The Hall–Kier alpha value is -3.64. The van der Waals surface area contributed by atoms with E-state index >= 15 is 0 Å². The molecule has 210 valence electrons. The summed E-state index contributed by atoms with van der Waals surface area (Å²) in [6.45, 7) is 1.48. The molecule has 1 aliphatic rings. The molecule has 0 bridgehead atoms. The lowest BCUT2D eigenvalue weighted by molar-refractivity contribution is -0.137. The average molecular weight is 606 g/mol. The molecule has 3 aromatic carbocycles. The van der Waals surface area contributed by atoms with Gasteiger partial charge < -0.3 is 14.4 Å². The Kier molecular flexibility index (Phi) is 9.99. The molecule has 0 aliphatic carbocycles. The molecular formula is C27H26Cl2N4O6S. The second kappa shape index (κ2) is 13.6. The number of rotatable bonds is 10. The molecule has 40 heavy (non-hydrogen) atoms. The fraction of sp³-hybridized carbons (Fsp3) is 0.222. The van der Waals surface area contributed by atoms with Crippen LogP contribution in [-0.2, 0) is 24.3 Å². The highest BCUT2D eigenvalue weighted by atomic mass is 35.5. The number of hydrogen-bond acceptors (Lipinski definition) is 7. The van der Waals surface area contributed by atoms with Gasteiger partial charge in [-0.2, -0.15) is 5.10 Å². The Morgan fingerprint density at radius 2 is 1.65 bits per heavy atom. The van der Waals surface area contributed by atoms with Gasteiger partial charge in [0.25, 0.3) is 21.8 Å². The maximum atomic E-state index is 13.4. The Labute approximate surface area is 242 Å². The number of morpholine rings is 1. The molecule has 0 spiro atoms. The molecule has 1 heterocycles. The summed E-state index contributed by atoms with van der Waals surface area (Å²) < 4.78 is 38.5. The highest BCUT2D eigenvalue weighted by Gasteiger charge is 2.27. The van der Waals surface area contributed by atoms with Crippen LogP contribution in [0.1, 0.15) is 5.56 Å². The molecule has 1 fully saturated rings. The lowest BCUT2D eigenvalue weighted by Gasteiger charge is -2.26. The Morgan fingerprint density at radius 1 is 1.00 bits per heavy atom. The van der Waals surface area contributed by atoms with Crippen LogP contribution in [0, 0.1) is 0 Å². The summed E-state index contributed by atoms with van der Waals surface area (Å²) in [7, 11) is -4.13. The van der Waals surface area contributed by atoms with Gasteiger partial charge in [0.1, 0.15) is 12.3 Å². The topological polar surface area (TPSA) is 118 Å². The summed E-state index contributed by atoms with van der Waals surface area (Å²) in [6.07, 6.45) is 1.40.